The maximum atomic E-state index is 11.7. The van der Waals surface area contributed by atoms with Crippen LogP contribution in [-0.2, 0) is 4.74 Å². The molecule has 0 bridgehead atoms. The van der Waals surface area contributed by atoms with E-state index in [2.05, 4.69) is 30.6 Å². The molecule has 0 fully saturated rings. The Balaban J connectivity index is 2.31. The lowest BCUT2D eigenvalue weighted by Crippen LogP contribution is -2.26. The average Bonchev–Trinajstić information content (AvgIpc) is 2.56. The molecule has 0 aliphatic heterocycles. The Morgan fingerprint density at radius 3 is 2.27 bits per heavy atom. The van der Waals surface area contributed by atoms with Gasteiger partial charge in [0.15, 0.2) is 6.61 Å². The van der Waals surface area contributed by atoms with E-state index >= 15 is 0 Å². The molecular weight excluding hydrogens is 274 g/mol. The molecule has 3 nitrogen and oxygen atoms in total. The van der Waals surface area contributed by atoms with Gasteiger partial charge in [0.1, 0.15) is 0 Å². The number of carbonyl (C=O) groups excluding carboxylic acids is 1. The molecule has 0 heterocycles. The molecule has 0 saturated heterocycles. The Morgan fingerprint density at radius 2 is 1.68 bits per heavy atom. The lowest BCUT2D eigenvalue weighted by Gasteiger charge is -2.18. The minimum Gasteiger partial charge on any atom is -0.449 e. The highest BCUT2D eigenvalue weighted by Gasteiger charge is 2.04. The van der Waals surface area contributed by atoms with Crippen molar-refractivity contribution in [1.82, 2.24) is 4.90 Å². The monoisotopic (exact) mass is 301 g/mol. The van der Waals surface area contributed by atoms with E-state index in [1.54, 1.807) is 12.1 Å². The topological polar surface area (TPSA) is 29.5 Å². The molecule has 0 atom stereocenters. The second-order valence-corrected chi connectivity index (χ2v) is 5.28. The number of ether oxygens (including phenoxy) is 1. The van der Waals surface area contributed by atoms with E-state index in [9.17, 15) is 4.79 Å². The van der Waals surface area contributed by atoms with Crippen LogP contribution in [0.4, 0.5) is 0 Å². The summed E-state index contributed by atoms with van der Waals surface area (Å²) in [6, 6.07) is 9.00. The Morgan fingerprint density at radius 1 is 1.05 bits per heavy atom. The number of rotatable bonds is 9. The van der Waals surface area contributed by atoms with E-state index in [0.29, 0.717) is 5.56 Å². The predicted octanol–water partition coefficient (Wildman–Crippen LogP) is 3.75. The number of hydrogen-bond acceptors (Lipinski definition) is 3. The molecule has 0 saturated carbocycles. The highest BCUT2D eigenvalue weighted by Crippen LogP contribution is 2.00. The van der Waals surface area contributed by atoms with Crippen molar-refractivity contribution in [2.45, 2.75) is 39.5 Å². The first-order chi connectivity index (χ1) is 10.8. The van der Waals surface area contributed by atoms with Gasteiger partial charge in [-0.05, 0) is 38.1 Å². The minimum atomic E-state index is -0.316. The van der Waals surface area contributed by atoms with E-state index in [0.717, 1.165) is 19.6 Å². The van der Waals surface area contributed by atoms with E-state index in [1.165, 1.54) is 25.7 Å². The SMILES string of the molecule is CCCCN(CC#CCOC(=O)c1ccccc1)CCCC. The zero-order valence-corrected chi connectivity index (χ0v) is 13.8. The summed E-state index contributed by atoms with van der Waals surface area (Å²) in [5.41, 5.74) is 0.566. The van der Waals surface area contributed by atoms with Gasteiger partial charge < -0.3 is 4.74 Å². The Hall–Kier alpha value is -1.79. The van der Waals surface area contributed by atoms with Crippen molar-refractivity contribution in [1.29, 1.82) is 0 Å². The fourth-order valence-electron chi connectivity index (χ4n) is 2.01. The summed E-state index contributed by atoms with van der Waals surface area (Å²) in [7, 11) is 0. The van der Waals surface area contributed by atoms with Gasteiger partial charge in [-0.15, -0.1) is 0 Å². The third-order valence-corrected chi connectivity index (χ3v) is 3.37. The van der Waals surface area contributed by atoms with Crippen molar-refractivity contribution in [2.24, 2.45) is 0 Å². The van der Waals surface area contributed by atoms with Crippen molar-refractivity contribution >= 4 is 5.97 Å². The molecule has 0 spiro atoms. The fourth-order valence-corrected chi connectivity index (χ4v) is 2.01. The zero-order chi connectivity index (χ0) is 16.0. The first-order valence-electron chi connectivity index (χ1n) is 8.18. The molecule has 120 valence electrons. The molecule has 0 amide bonds. The Kier molecular flexibility index (Phi) is 9.81. The van der Waals surface area contributed by atoms with Crippen LogP contribution >= 0.6 is 0 Å². The lowest BCUT2D eigenvalue weighted by molar-refractivity contribution is 0.0556. The van der Waals surface area contributed by atoms with Crippen LogP contribution in [0.3, 0.4) is 0 Å². The lowest BCUT2D eigenvalue weighted by atomic mass is 10.2. The van der Waals surface area contributed by atoms with Gasteiger partial charge in [-0.1, -0.05) is 56.7 Å². The summed E-state index contributed by atoms with van der Waals surface area (Å²) in [6.45, 7) is 7.50. The summed E-state index contributed by atoms with van der Waals surface area (Å²) in [6.07, 6.45) is 4.80. The highest BCUT2D eigenvalue weighted by atomic mass is 16.5. The molecule has 0 aromatic heterocycles. The van der Waals surface area contributed by atoms with Crippen LogP contribution < -0.4 is 0 Å². The molecule has 1 aromatic rings. The smallest absolute Gasteiger partial charge is 0.339 e. The Bertz CT molecular complexity index is 465. The molecule has 22 heavy (non-hydrogen) atoms. The van der Waals surface area contributed by atoms with Gasteiger partial charge in [0.2, 0.25) is 0 Å². The fraction of sp³-hybridized carbons (Fsp3) is 0.526. The van der Waals surface area contributed by atoms with Crippen LogP contribution in [0.1, 0.15) is 49.9 Å². The van der Waals surface area contributed by atoms with Crippen LogP contribution in [-0.4, -0.2) is 37.1 Å². The molecule has 1 rings (SSSR count). The van der Waals surface area contributed by atoms with E-state index < -0.39 is 0 Å². The van der Waals surface area contributed by atoms with Gasteiger partial charge in [0.25, 0.3) is 0 Å². The molecular formula is C19H27NO2. The van der Waals surface area contributed by atoms with Gasteiger partial charge in [-0.3, -0.25) is 4.90 Å². The maximum Gasteiger partial charge on any atom is 0.339 e. The first-order valence-corrected chi connectivity index (χ1v) is 8.18. The van der Waals surface area contributed by atoms with E-state index in [1.807, 2.05) is 18.2 Å². The highest BCUT2D eigenvalue weighted by molar-refractivity contribution is 5.89. The quantitative estimate of drug-likeness (QED) is 0.514. The summed E-state index contributed by atoms with van der Waals surface area (Å²) < 4.78 is 5.14. The van der Waals surface area contributed by atoms with Gasteiger partial charge in [0, 0.05) is 0 Å². The second-order valence-electron chi connectivity index (χ2n) is 5.28. The number of carbonyl (C=O) groups is 1. The number of benzene rings is 1. The molecule has 0 aliphatic rings. The standard InChI is InChI=1S/C19H27NO2/c1-3-5-14-20(15-6-4-2)16-10-11-17-22-19(21)18-12-8-7-9-13-18/h7-9,12-13H,3-6,14-17H2,1-2H3. The van der Waals surface area contributed by atoms with Crippen molar-refractivity contribution < 1.29 is 9.53 Å². The Labute approximate surface area is 134 Å². The zero-order valence-electron chi connectivity index (χ0n) is 13.8. The number of unbranched alkanes of at least 4 members (excludes halogenated alkanes) is 2. The molecule has 0 unspecified atom stereocenters. The second kappa shape index (κ2) is 11.8. The van der Waals surface area contributed by atoms with Crippen LogP contribution in [0.2, 0.25) is 0 Å². The largest absolute Gasteiger partial charge is 0.449 e. The predicted molar refractivity (Wildman–Crippen MR) is 90.8 cm³/mol. The summed E-state index contributed by atoms with van der Waals surface area (Å²) in [4.78, 5) is 14.1. The van der Waals surface area contributed by atoms with Crippen LogP contribution in [0.15, 0.2) is 30.3 Å². The van der Waals surface area contributed by atoms with Crippen molar-refractivity contribution in [3.63, 3.8) is 0 Å². The van der Waals surface area contributed by atoms with Crippen molar-refractivity contribution in [3.05, 3.63) is 35.9 Å². The molecule has 1 aromatic carbocycles. The third kappa shape index (κ3) is 7.85. The minimum absolute atomic E-state index is 0.156. The number of nitrogens with zero attached hydrogens (tertiary/aromatic N) is 1. The van der Waals surface area contributed by atoms with E-state index in [4.69, 9.17) is 4.74 Å². The molecule has 0 radical (unpaired) electrons. The number of esters is 1. The maximum absolute atomic E-state index is 11.7. The first kappa shape index (κ1) is 18.3. The van der Waals surface area contributed by atoms with Crippen LogP contribution in [0, 0.1) is 11.8 Å². The van der Waals surface area contributed by atoms with Crippen LogP contribution in [0.5, 0.6) is 0 Å². The molecule has 0 N–H and O–H groups in total. The third-order valence-electron chi connectivity index (χ3n) is 3.37. The normalized spacial score (nSPS) is 10.1. The van der Waals surface area contributed by atoms with Gasteiger partial charge >= 0.3 is 5.97 Å². The van der Waals surface area contributed by atoms with Gasteiger partial charge in [0.05, 0.1) is 12.1 Å². The van der Waals surface area contributed by atoms with Crippen molar-refractivity contribution in [2.75, 3.05) is 26.2 Å². The van der Waals surface area contributed by atoms with E-state index in [-0.39, 0.29) is 12.6 Å². The summed E-state index contributed by atoms with van der Waals surface area (Å²) >= 11 is 0. The molecule has 3 heteroatoms. The average molecular weight is 301 g/mol. The molecule has 0 aliphatic carbocycles. The van der Waals surface area contributed by atoms with Crippen molar-refractivity contribution in [3.8, 4) is 11.8 Å². The van der Waals surface area contributed by atoms with Gasteiger partial charge in [-0.2, -0.15) is 0 Å². The van der Waals surface area contributed by atoms with Crippen LogP contribution in [0.25, 0.3) is 0 Å². The summed E-state index contributed by atoms with van der Waals surface area (Å²) in [5, 5.41) is 0. The van der Waals surface area contributed by atoms with Gasteiger partial charge in [-0.25, -0.2) is 4.79 Å². The summed E-state index contributed by atoms with van der Waals surface area (Å²) in [5.74, 6) is 5.73. The number of hydrogen-bond donors (Lipinski definition) is 0.